The Kier molecular flexibility index (Phi) is 3.96. The smallest absolute Gasteiger partial charge is 0.321 e. The third kappa shape index (κ3) is 2.63. The SMILES string of the molecule is CCc1ccc(C=NN2C(=O)NC3(CCCCC3)C2=O)cc1. The van der Waals surface area contributed by atoms with E-state index in [1.807, 2.05) is 24.3 Å². The molecule has 0 aromatic heterocycles. The van der Waals surface area contributed by atoms with E-state index < -0.39 is 11.6 Å². The Hall–Kier alpha value is -2.17. The number of nitrogens with one attached hydrogen (secondary N) is 1. The maximum atomic E-state index is 12.5. The first-order valence-corrected chi connectivity index (χ1v) is 7.94. The fourth-order valence-corrected chi connectivity index (χ4v) is 3.17. The molecule has 2 fully saturated rings. The highest BCUT2D eigenvalue weighted by atomic mass is 16.2. The van der Waals surface area contributed by atoms with Crippen molar-refractivity contribution in [2.45, 2.75) is 51.0 Å². The summed E-state index contributed by atoms with van der Waals surface area (Å²) in [6.07, 6.45) is 7.05. The zero-order chi connectivity index (χ0) is 15.6. The van der Waals surface area contributed by atoms with Gasteiger partial charge in [0.25, 0.3) is 5.91 Å². The van der Waals surface area contributed by atoms with E-state index in [1.54, 1.807) is 6.21 Å². The minimum atomic E-state index is -0.710. The number of carbonyl (C=O) groups is 2. The van der Waals surface area contributed by atoms with E-state index in [2.05, 4.69) is 17.3 Å². The number of hydrazone groups is 1. The second-order valence-electron chi connectivity index (χ2n) is 6.03. The molecule has 5 nitrogen and oxygen atoms in total. The Morgan fingerprint density at radius 2 is 1.86 bits per heavy atom. The number of benzene rings is 1. The third-order valence-corrected chi connectivity index (χ3v) is 4.56. The minimum Gasteiger partial charge on any atom is -0.321 e. The highest BCUT2D eigenvalue weighted by Crippen LogP contribution is 2.33. The normalized spacial score (nSPS) is 20.9. The highest BCUT2D eigenvalue weighted by molar-refractivity contribution is 6.07. The molecule has 0 atom stereocenters. The molecular formula is C17H21N3O2. The summed E-state index contributed by atoms with van der Waals surface area (Å²) >= 11 is 0. The quantitative estimate of drug-likeness (QED) is 0.689. The number of hydrogen-bond donors (Lipinski definition) is 1. The van der Waals surface area contributed by atoms with Crippen LogP contribution in [-0.2, 0) is 11.2 Å². The van der Waals surface area contributed by atoms with Gasteiger partial charge in [-0.05, 0) is 30.4 Å². The number of aryl methyl sites for hydroxylation is 1. The summed E-state index contributed by atoms with van der Waals surface area (Å²) in [6, 6.07) is 7.52. The van der Waals surface area contributed by atoms with Crippen LogP contribution in [0.1, 0.15) is 50.2 Å². The molecule has 3 rings (SSSR count). The second-order valence-corrected chi connectivity index (χ2v) is 6.03. The van der Waals surface area contributed by atoms with E-state index >= 15 is 0 Å². The van der Waals surface area contributed by atoms with Crippen molar-refractivity contribution in [1.29, 1.82) is 0 Å². The maximum Gasteiger partial charge on any atom is 0.346 e. The van der Waals surface area contributed by atoms with Crippen LogP contribution in [0.5, 0.6) is 0 Å². The molecule has 1 spiro atoms. The summed E-state index contributed by atoms with van der Waals surface area (Å²) in [7, 11) is 0. The summed E-state index contributed by atoms with van der Waals surface area (Å²) in [4.78, 5) is 24.6. The Labute approximate surface area is 130 Å². The topological polar surface area (TPSA) is 61.8 Å². The molecule has 1 aromatic rings. The summed E-state index contributed by atoms with van der Waals surface area (Å²) < 4.78 is 0. The van der Waals surface area contributed by atoms with Crippen molar-refractivity contribution in [1.82, 2.24) is 10.3 Å². The van der Waals surface area contributed by atoms with Crippen LogP contribution >= 0.6 is 0 Å². The minimum absolute atomic E-state index is 0.210. The van der Waals surface area contributed by atoms with E-state index in [-0.39, 0.29) is 5.91 Å². The molecule has 1 saturated carbocycles. The van der Waals surface area contributed by atoms with Crippen molar-refractivity contribution in [3.05, 3.63) is 35.4 Å². The van der Waals surface area contributed by atoms with Crippen LogP contribution < -0.4 is 5.32 Å². The molecule has 1 aliphatic carbocycles. The number of amides is 3. The standard InChI is InChI=1S/C17H21N3O2/c1-2-13-6-8-14(9-7-13)12-18-20-15(21)17(19-16(20)22)10-4-3-5-11-17/h6-9,12H,2-5,10-11H2,1H3,(H,19,22). The van der Waals surface area contributed by atoms with Crippen molar-refractivity contribution >= 4 is 18.2 Å². The molecule has 22 heavy (non-hydrogen) atoms. The van der Waals surface area contributed by atoms with Gasteiger partial charge in [-0.1, -0.05) is 50.5 Å². The van der Waals surface area contributed by atoms with Crippen LogP contribution in [0, 0.1) is 0 Å². The fraction of sp³-hybridized carbons (Fsp3) is 0.471. The molecule has 1 heterocycles. The van der Waals surface area contributed by atoms with Gasteiger partial charge >= 0.3 is 6.03 Å². The van der Waals surface area contributed by atoms with E-state index in [0.29, 0.717) is 0 Å². The first-order chi connectivity index (χ1) is 10.6. The molecular weight excluding hydrogens is 278 g/mol. The first kappa shape index (κ1) is 14.8. The Balaban J connectivity index is 1.75. The Morgan fingerprint density at radius 1 is 1.18 bits per heavy atom. The van der Waals surface area contributed by atoms with E-state index in [9.17, 15) is 9.59 Å². The highest BCUT2D eigenvalue weighted by Gasteiger charge is 2.51. The lowest BCUT2D eigenvalue weighted by Crippen LogP contribution is -2.48. The van der Waals surface area contributed by atoms with E-state index in [0.717, 1.165) is 49.1 Å². The zero-order valence-electron chi connectivity index (χ0n) is 12.8. The number of nitrogens with zero attached hydrogens (tertiary/aromatic N) is 2. The van der Waals surface area contributed by atoms with Gasteiger partial charge < -0.3 is 5.32 Å². The molecule has 2 aliphatic rings. The van der Waals surface area contributed by atoms with Gasteiger partial charge in [-0.15, -0.1) is 5.01 Å². The molecule has 1 aromatic carbocycles. The molecule has 0 radical (unpaired) electrons. The van der Waals surface area contributed by atoms with Gasteiger partial charge in [-0.3, -0.25) is 4.79 Å². The molecule has 0 bridgehead atoms. The van der Waals surface area contributed by atoms with Gasteiger partial charge in [0.1, 0.15) is 5.54 Å². The van der Waals surface area contributed by atoms with Crippen molar-refractivity contribution in [2.24, 2.45) is 5.10 Å². The van der Waals surface area contributed by atoms with Crippen LogP contribution in [0.4, 0.5) is 4.79 Å². The van der Waals surface area contributed by atoms with Gasteiger partial charge in [0.05, 0.1) is 6.21 Å². The summed E-state index contributed by atoms with van der Waals surface area (Å²) in [6.45, 7) is 2.10. The second kappa shape index (κ2) is 5.91. The van der Waals surface area contributed by atoms with E-state index in [1.165, 1.54) is 5.56 Å². The van der Waals surface area contributed by atoms with Crippen LogP contribution in [0.15, 0.2) is 29.4 Å². The fourth-order valence-electron chi connectivity index (χ4n) is 3.17. The monoisotopic (exact) mass is 299 g/mol. The largest absolute Gasteiger partial charge is 0.346 e. The van der Waals surface area contributed by atoms with Crippen LogP contribution in [0.25, 0.3) is 0 Å². The van der Waals surface area contributed by atoms with Crippen LogP contribution in [0.2, 0.25) is 0 Å². The average molecular weight is 299 g/mol. The molecule has 5 heteroatoms. The number of rotatable bonds is 3. The number of hydrogen-bond acceptors (Lipinski definition) is 3. The first-order valence-electron chi connectivity index (χ1n) is 7.94. The van der Waals surface area contributed by atoms with Gasteiger partial charge in [0, 0.05) is 0 Å². The lowest BCUT2D eigenvalue weighted by Gasteiger charge is -2.29. The summed E-state index contributed by atoms with van der Waals surface area (Å²) in [5, 5.41) is 7.94. The van der Waals surface area contributed by atoms with Gasteiger partial charge in [0.2, 0.25) is 0 Å². The number of imide groups is 1. The van der Waals surface area contributed by atoms with Crippen molar-refractivity contribution in [2.75, 3.05) is 0 Å². The predicted molar refractivity (Wildman–Crippen MR) is 84.6 cm³/mol. The molecule has 1 saturated heterocycles. The van der Waals surface area contributed by atoms with Crippen molar-refractivity contribution < 1.29 is 9.59 Å². The van der Waals surface area contributed by atoms with Gasteiger partial charge in [-0.2, -0.15) is 5.10 Å². The predicted octanol–water partition coefficient (Wildman–Crippen LogP) is 2.84. The zero-order valence-corrected chi connectivity index (χ0v) is 12.8. The molecule has 1 N–H and O–H groups in total. The molecule has 3 amide bonds. The molecule has 116 valence electrons. The third-order valence-electron chi connectivity index (χ3n) is 4.56. The number of urea groups is 1. The maximum absolute atomic E-state index is 12.5. The summed E-state index contributed by atoms with van der Waals surface area (Å²) in [5.74, 6) is -0.210. The number of carbonyl (C=O) groups excluding carboxylic acids is 2. The van der Waals surface area contributed by atoms with E-state index in [4.69, 9.17) is 0 Å². The summed E-state index contributed by atoms with van der Waals surface area (Å²) in [5.41, 5.74) is 1.41. The van der Waals surface area contributed by atoms with Crippen LogP contribution in [0.3, 0.4) is 0 Å². The Bertz CT molecular complexity index is 601. The Morgan fingerprint density at radius 3 is 2.50 bits per heavy atom. The lowest BCUT2D eigenvalue weighted by molar-refractivity contribution is -0.132. The van der Waals surface area contributed by atoms with Crippen molar-refractivity contribution in [3.8, 4) is 0 Å². The van der Waals surface area contributed by atoms with Gasteiger partial charge in [0.15, 0.2) is 0 Å². The van der Waals surface area contributed by atoms with Crippen LogP contribution in [-0.4, -0.2) is 28.7 Å². The lowest BCUT2D eigenvalue weighted by atomic mass is 9.82. The van der Waals surface area contributed by atoms with Gasteiger partial charge in [-0.25, -0.2) is 4.79 Å². The van der Waals surface area contributed by atoms with Crippen molar-refractivity contribution in [3.63, 3.8) is 0 Å². The molecule has 1 aliphatic heterocycles. The average Bonchev–Trinajstić information content (AvgIpc) is 2.77. The molecule has 0 unspecified atom stereocenters.